The summed E-state index contributed by atoms with van der Waals surface area (Å²) in [5.74, 6) is -4.76. The molecule has 0 atom stereocenters. The topological polar surface area (TPSA) is 71.9 Å². The minimum Gasteiger partial charge on any atom is -0.313 e. The molecule has 0 amide bonds. The molecule has 2 aromatic rings. The molecule has 1 aromatic heterocycles. The predicted octanol–water partition coefficient (Wildman–Crippen LogP) is 1.15. The van der Waals surface area contributed by atoms with Crippen molar-refractivity contribution < 1.29 is 18.0 Å². The molecule has 8 heteroatoms. The minimum absolute atomic E-state index is 0.112. The number of Topliss-reactive ketones (excluding diaryl/α,β-unsaturated/α-hetero) is 1. The van der Waals surface area contributed by atoms with Crippen LogP contribution < -0.4 is 11.2 Å². The number of halogens is 3. The van der Waals surface area contributed by atoms with Crippen molar-refractivity contribution in [3.63, 3.8) is 0 Å². The molecule has 1 heterocycles. The summed E-state index contributed by atoms with van der Waals surface area (Å²) >= 11 is 0. The first-order valence-corrected chi connectivity index (χ1v) is 5.33. The zero-order valence-corrected chi connectivity index (χ0v) is 10.0. The molecule has 0 aliphatic heterocycles. The van der Waals surface area contributed by atoms with Crippen LogP contribution in [0.4, 0.5) is 13.2 Å². The fraction of sp³-hybridized carbons (Fsp3) is 0.0833. The number of hydrogen-bond acceptors (Lipinski definition) is 3. The lowest BCUT2D eigenvalue weighted by Gasteiger charge is -2.08. The molecular weight excluding hydrogens is 277 g/mol. The van der Waals surface area contributed by atoms with E-state index in [0.717, 1.165) is 13.1 Å². The molecule has 2 rings (SSSR count). The lowest BCUT2D eigenvalue weighted by Crippen LogP contribution is -2.37. The highest BCUT2D eigenvalue weighted by Gasteiger charge is 2.19. The van der Waals surface area contributed by atoms with Crippen LogP contribution in [0.2, 0.25) is 0 Å². The van der Waals surface area contributed by atoms with Crippen LogP contribution in [0.15, 0.2) is 27.9 Å². The average Bonchev–Trinajstić information content (AvgIpc) is 2.31. The van der Waals surface area contributed by atoms with Gasteiger partial charge in [-0.1, -0.05) is 0 Å². The first-order valence-electron chi connectivity index (χ1n) is 5.33. The van der Waals surface area contributed by atoms with Crippen molar-refractivity contribution in [2.45, 2.75) is 6.92 Å². The highest BCUT2D eigenvalue weighted by atomic mass is 19.1. The highest BCUT2D eigenvalue weighted by Crippen LogP contribution is 2.16. The third-order valence-electron chi connectivity index (χ3n) is 2.56. The molecule has 104 valence electrons. The van der Waals surface area contributed by atoms with Crippen LogP contribution in [0.3, 0.4) is 0 Å². The number of nitrogens with zero attached hydrogens (tertiary/aromatic N) is 1. The fourth-order valence-electron chi connectivity index (χ4n) is 1.68. The van der Waals surface area contributed by atoms with Crippen molar-refractivity contribution in [2.75, 3.05) is 0 Å². The van der Waals surface area contributed by atoms with E-state index in [-0.39, 0.29) is 4.57 Å². The number of aromatic amines is 1. The van der Waals surface area contributed by atoms with Crippen LogP contribution in [-0.2, 0) is 0 Å². The van der Waals surface area contributed by atoms with E-state index in [4.69, 9.17) is 0 Å². The zero-order valence-electron chi connectivity index (χ0n) is 10.0. The highest BCUT2D eigenvalue weighted by molar-refractivity contribution is 5.93. The van der Waals surface area contributed by atoms with Gasteiger partial charge in [-0.05, 0) is 6.92 Å². The van der Waals surface area contributed by atoms with Gasteiger partial charge in [0.05, 0.1) is 5.56 Å². The number of aromatic nitrogens is 2. The van der Waals surface area contributed by atoms with Gasteiger partial charge in [-0.15, -0.1) is 0 Å². The largest absolute Gasteiger partial charge is 0.333 e. The Bertz CT molecular complexity index is 800. The molecule has 0 saturated heterocycles. The Labute approximate surface area is 109 Å². The van der Waals surface area contributed by atoms with E-state index in [1.54, 1.807) is 0 Å². The smallest absolute Gasteiger partial charge is 0.313 e. The number of ketones is 1. The molecule has 5 nitrogen and oxygen atoms in total. The Balaban J connectivity index is 2.91. The van der Waals surface area contributed by atoms with Gasteiger partial charge in [-0.25, -0.2) is 22.5 Å². The summed E-state index contributed by atoms with van der Waals surface area (Å²) < 4.78 is 40.2. The molecule has 1 aromatic carbocycles. The van der Waals surface area contributed by atoms with Gasteiger partial charge >= 0.3 is 5.69 Å². The van der Waals surface area contributed by atoms with Crippen molar-refractivity contribution in [3.8, 4) is 5.69 Å². The fourth-order valence-corrected chi connectivity index (χ4v) is 1.68. The van der Waals surface area contributed by atoms with Gasteiger partial charge in [-0.3, -0.25) is 9.59 Å². The maximum atomic E-state index is 13.6. The Morgan fingerprint density at radius 3 is 2.20 bits per heavy atom. The third kappa shape index (κ3) is 2.15. The van der Waals surface area contributed by atoms with Gasteiger partial charge in [0, 0.05) is 18.3 Å². The number of H-pyrrole nitrogens is 1. The Hall–Kier alpha value is -2.64. The number of benzene rings is 1. The van der Waals surface area contributed by atoms with Crippen molar-refractivity contribution in [1.82, 2.24) is 9.55 Å². The number of rotatable bonds is 2. The molecule has 0 spiro atoms. The molecule has 0 unspecified atom stereocenters. The molecule has 20 heavy (non-hydrogen) atoms. The lowest BCUT2D eigenvalue weighted by molar-refractivity contribution is 0.101. The molecule has 0 fully saturated rings. The van der Waals surface area contributed by atoms with Crippen molar-refractivity contribution in [1.29, 1.82) is 0 Å². The van der Waals surface area contributed by atoms with Crippen LogP contribution >= 0.6 is 0 Å². The maximum Gasteiger partial charge on any atom is 0.333 e. The summed E-state index contributed by atoms with van der Waals surface area (Å²) in [5.41, 5.74) is -3.83. The number of carbonyl (C=O) groups excluding carboxylic acids is 1. The first-order chi connectivity index (χ1) is 9.32. The summed E-state index contributed by atoms with van der Waals surface area (Å²) in [6, 6.07) is 0.648. The van der Waals surface area contributed by atoms with Gasteiger partial charge in [0.2, 0.25) is 0 Å². The summed E-state index contributed by atoms with van der Waals surface area (Å²) in [6.07, 6.45) is 0.850. The SMILES string of the molecule is CC(=O)c1c[nH]c(=O)n(-c2c(F)cc(F)cc2F)c1=O. The van der Waals surface area contributed by atoms with E-state index in [9.17, 15) is 27.6 Å². The monoisotopic (exact) mass is 284 g/mol. The molecule has 0 aliphatic rings. The molecule has 0 radical (unpaired) electrons. The summed E-state index contributed by atoms with van der Waals surface area (Å²) in [5, 5.41) is 0. The van der Waals surface area contributed by atoms with E-state index in [0.29, 0.717) is 12.1 Å². The van der Waals surface area contributed by atoms with E-state index >= 15 is 0 Å². The Morgan fingerprint density at radius 1 is 1.15 bits per heavy atom. The number of nitrogens with one attached hydrogen (secondary N) is 1. The van der Waals surface area contributed by atoms with Crippen LogP contribution in [0.1, 0.15) is 17.3 Å². The summed E-state index contributed by atoms with van der Waals surface area (Å²) in [6.45, 7) is 1.05. The van der Waals surface area contributed by atoms with Crippen LogP contribution in [0, 0.1) is 17.5 Å². The quantitative estimate of drug-likeness (QED) is 0.841. The lowest BCUT2D eigenvalue weighted by atomic mass is 10.2. The summed E-state index contributed by atoms with van der Waals surface area (Å²) in [4.78, 5) is 36.7. The van der Waals surface area contributed by atoms with Gasteiger partial charge in [-0.2, -0.15) is 0 Å². The molecular formula is C12H7F3N2O3. The van der Waals surface area contributed by atoms with Crippen molar-refractivity contribution in [3.05, 3.63) is 62.2 Å². The van der Waals surface area contributed by atoms with Crippen LogP contribution in [0.25, 0.3) is 5.69 Å². The van der Waals surface area contributed by atoms with E-state index in [2.05, 4.69) is 0 Å². The maximum absolute atomic E-state index is 13.6. The summed E-state index contributed by atoms with van der Waals surface area (Å²) in [7, 11) is 0. The average molecular weight is 284 g/mol. The zero-order chi connectivity index (χ0) is 15.0. The minimum atomic E-state index is -1.43. The van der Waals surface area contributed by atoms with Crippen molar-refractivity contribution in [2.24, 2.45) is 0 Å². The molecule has 1 N–H and O–H groups in total. The Morgan fingerprint density at radius 2 is 1.70 bits per heavy atom. The second-order valence-electron chi connectivity index (χ2n) is 3.92. The van der Waals surface area contributed by atoms with E-state index in [1.165, 1.54) is 0 Å². The van der Waals surface area contributed by atoms with Crippen molar-refractivity contribution >= 4 is 5.78 Å². The van der Waals surface area contributed by atoms with Crippen LogP contribution in [0.5, 0.6) is 0 Å². The number of hydrogen-bond donors (Lipinski definition) is 1. The normalized spacial score (nSPS) is 10.6. The van der Waals surface area contributed by atoms with Gasteiger partial charge < -0.3 is 4.98 Å². The van der Waals surface area contributed by atoms with E-state index < -0.39 is 45.7 Å². The van der Waals surface area contributed by atoms with Crippen LogP contribution in [-0.4, -0.2) is 15.3 Å². The third-order valence-corrected chi connectivity index (χ3v) is 2.56. The second kappa shape index (κ2) is 4.80. The van der Waals surface area contributed by atoms with Gasteiger partial charge in [0.1, 0.15) is 11.5 Å². The molecule has 0 saturated carbocycles. The predicted molar refractivity (Wildman–Crippen MR) is 62.5 cm³/mol. The van der Waals surface area contributed by atoms with Gasteiger partial charge in [0.15, 0.2) is 17.4 Å². The second-order valence-corrected chi connectivity index (χ2v) is 3.92. The molecule has 0 bridgehead atoms. The van der Waals surface area contributed by atoms with Gasteiger partial charge in [0.25, 0.3) is 5.56 Å². The first kappa shape index (κ1) is 13.8. The van der Waals surface area contributed by atoms with E-state index in [1.807, 2.05) is 4.98 Å². The number of carbonyl (C=O) groups is 1. The standard InChI is InChI=1S/C12H7F3N2O3/c1-5(18)7-4-16-12(20)17(11(7)19)10-8(14)2-6(13)3-9(10)15/h2-4H,1H3,(H,16,20). The molecule has 0 aliphatic carbocycles. The Kier molecular flexibility index (Phi) is 3.31.